The second-order valence-electron chi connectivity index (χ2n) is 3.63. The SMILES string of the molecule is CCC(Cn1cncn1)c1ccccc1. The van der Waals surface area contributed by atoms with Crippen LogP contribution in [0.25, 0.3) is 0 Å². The summed E-state index contributed by atoms with van der Waals surface area (Å²) in [6.45, 7) is 3.11. The van der Waals surface area contributed by atoms with Crippen molar-refractivity contribution in [3.05, 3.63) is 48.5 Å². The van der Waals surface area contributed by atoms with Gasteiger partial charge in [-0.2, -0.15) is 5.10 Å². The highest BCUT2D eigenvalue weighted by Gasteiger charge is 2.09. The molecule has 0 spiro atoms. The zero-order chi connectivity index (χ0) is 10.5. The van der Waals surface area contributed by atoms with Gasteiger partial charge in [-0.05, 0) is 12.0 Å². The van der Waals surface area contributed by atoms with Gasteiger partial charge in [0, 0.05) is 12.5 Å². The molecule has 0 saturated carbocycles. The first-order valence-corrected chi connectivity index (χ1v) is 5.27. The maximum Gasteiger partial charge on any atom is 0.137 e. The highest BCUT2D eigenvalue weighted by Crippen LogP contribution is 2.20. The minimum absolute atomic E-state index is 0.521. The Kier molecular flexibility index (Phi) is 3.12. The van der Waals surface area contributed by atoms with E-state index in [2.05, 4.69) is 41.3 Å². The van der Waals surface area contributed by atoms with Gasteiger partial charge in [0.2, 0.25) is 0 Å². The molecule has 0 bridgehead atoms. The van der Waals surface area contributed by atoms with Crippen LogP contribution < -0.4 is 0 Å². The number of benzene rings is 1. The lowest BCUT2D eigenvalue weighted by molar-refractivity contribution is 0.503. The fraction of sp³-hybridized carbons (Fsp3) is 0.333. The lowest BCUT2D eigenvalue weighted by Crippen LogP contribution is -2.08. The molecule has 0 amide bonds. The summed E-state index contributed by atoms with van der Waals surface area (Å²) in [7, 11) is 0. The van der Waals surface area contributed by atoms with Crippen LogP contribution in [0.1, 0.15) is 24.8 Å². The molecule has 1 aromatic heterocycles. The first kappa shape index (κ1) is 9.90. The maximum atomic E-state index is 4.14. The fourth-order valence-electron chi connectivity index (χ4n) is 1.75. The van der Waals surface area contributed by atoms with E-state index >= 15 is 0 Å². The fourth-order valence-corrected chi connectivity index (χ4v) is 1.75. The second-order valence-corrected chi connectivity index (χ2v) is 3.63. The predicted molar refractivity (Wildman–Crippen MR) is 59.5 cm³/mol. The molecular formula is C12H15N3. The number of nitrogens with zero attached hydrogens (tertiary/aromatic N) is 3. The molecule has 0 aliphatic heterocycles. The smallest absolute Gasteiger partial charge is 0.137 e. The monoisotopic (exact) mass is 201 g/mol. The Morgan fingerprint density at radius 3 is 2.67 bits per heavy atom. The van der Waals surface area contributed by atoms with Crippen LogP contribution in [-0.4, -0.2) is 14.8 Å². The molecule has 78 valence electrons. The summed E-state index contributed by atoms with van der Waals surface area (Å²) in [5.41, 5.74) is 1.37. The maximum absolute atomic E-state index is 4.14. The third-order valence-corrected chi connectivity index (χ3v) is 2.64. The van der Waals surface area contributed by atoms with E-state index in [1.165, 1.54) is 5.56 Å². The molecule has 3 heteroatoms. The van der Waals surface area contributed by atoms with E-state index in [4.69, 9.17) is 0 Å². The normalized spacial score (nSPS) is 12.6. The van der Waals surface area contributed by atoms with Crippen molar-refractivity contribution in [2.75, 3.05) is 0 Å². The van der Waals surface area contributed by atoms with E-state index in [0.29, 0.717) is 5.92 Å². The molecule has 0 N–H and O–H groups in total. The third-order valence-electron chi connectivity index (χ3n) is 2.64. The van der Waals surface area contributed by atoms with Crippen molar-refractivity contribution in [3.8, 4) is 0 Å². The predicted octanol–water partition coefficient (Wildman–Crippen LogP) is 2.47. The molecule has 3 nitrogen and oxygen atoms in total. The van der Waals surface area contributed by atoms with E-state index in [1.54, 1.807) is 12.7 Å². The Hall–Kier alpha value is -1.64. The van der Waals surface area contributed by atoms with E-state index < -0.39 is 0 Å². The highest BCUT2D eigenvalue weighted by molar-refractivity contribution is 5.19. The molecule has 0 saturated heterocycles. The van der Waals surface area contributed by atoms with Crippen molar-refractivity contribution in [3.63, 3.8) is 0 Å². The summed E-state index contributed by atoms with van der Waals surface area (Å²) in [6.07, 6.45) is 4.47. The number of aromatic nitrogens is 3. The van der Waals surface area contributed by atoms with Crippen LogP contribution in [0, 0.1) is 0 Å². The van der Waals surface area contributed by atoms with Crippen LogP contribution in [-0.2, 0) is 6.54 Å². The Balaban J connectivity index is 2.12. The van der Waals surface area contributed by atoms with Gasteiger partial charge in [-0.25, -0.2) is 4.98 Å². The Bertz CT molecular complexity index is 381. The third kappa shape index (κ3) is 2.43. The van der Waals surface area contributed by atoms with Gasteiger partial charge in [0.25, 0.3) is 0 Å². The number of rotatable bonds is 4. The summed E-state index contributed by atoms with van der Waals surface area (Å²) in [6, 6.07) is 10.6. The van der Waals surface area contributed by atoms with Gasteiger partial charge < -0.3 is 0 Å². The van der Waals surface area contributed by atoms with Crippen LogP contribution in [0.5, 0.6) is 0 Å². The molecule has 0 aliphatic rings. The first-order chi connectivity index (χ1) is 7.40. The molecule has 0 aliphatic carbocycles. The van der Waals surface area contributed by atoms with Crippen LogP contribution in [0.3, 0.4) is 0 Å². The summed E-state index contributed by atoms with van der Waals surface area (Å²) < 4.78 is 1.89. The lowest BCUT2D eigenvalue weighted by Gasteiger charge is -2.14. The molecule has 15 heavy (non-hydrogen) atoms. The molecule has 1 aromatic carbocycles. The van der Waals surface area contributed by atoms with Crippen molar-refractivity contribution in [2.24, 2.45) is 0 Å². The highest BCUT2D eigenvalue weighted by atomic mass is 15.3. The van der Waals surface area contributed by atoms with Crippen molar-refractivity contribution in [1.29, 1.82) is 0 Å². The molecule has 0 radical (unpaired) electrons. The van der Waals surface area contributed by atoms with E-state index in [1.807, 2.05) is 10.7 Å². The largest absolute Gasteiger partial charge is 0.252 e. The van der Waals surface area contributed by atoms with E-state index in [-0.39, 0.29) is 0 Å². The Morgan fingerprint density at radius 1 is 1.27 bits per heavy atom. The number of hydrogen-bond acceptors (Lipinski definition) is 2. The van der Waals surface area contributed by atoms with Crippen molar-refractivity contribution >= 4 is 0 Å². The molecule has 1 heterocycles. The summed E-state index contributed by atoms with van der Waals surface area (Å²) in [5, 5.41) is 4.14. The summed E-state index contributed by atoms with van der Waals surface area (Å²) >= 11 is 0. The standard InChI is InChI=1S/C12H15N3/c1-2-11(8-15-10-13-9-14-15)12-6-4-3-5-7-12/h3-7,9-11H,2,8H2,1H3. The summed E-state index contributed by atoms with van der Waals surface area (Å²) in [5.74, 6) is 0.521. The second kappa shape index (κ2) is 4.73. The lowest BCUT2D eigenvalue weighted by atomic mass is 9.97. The Labute approximate surface area is 89.8 Å². The minimum Gasteiger partial charge on any atom is -0.252 e. The first-order valence-electron chi connectivity index (χ1n) is 5.27. The van der Waals surface area contributed by atoms with Gasteiger partial charge in [-0.15, -0.1) is 0 Å². The molecule has 0 fully saturated rings. The molecular weight excluding hydrogens is 186 g/mol. The average Bonchev–Trinajstić information content (AvgIpc) is 2.80. The zero-order valence-corrected chi connectivity index (χ0v) is 8.87. The average molecular weight is 201 g/mol. The van der Waals surface area contributed by atoms with E-state index in [9.17, 15) is 0 Å². The topological polar surface area (TPSA) is 30.7 Å². The van der Waals surface area contributed by atoms with Gasteiger partial charge in [-0.3, -0.25) is 4.68 Å². The van der Waals surface area contributed by atoms with Crippen molar-refractivity contribution in [2.45, 2.75) is 25.8 Å². The van der Waals surface area contributed by atoms with Crippen molar-refractivity contribution < 1.29 is 0 Å². The van der Waals surface area contributed by atoms with Crippen LogP contribution in [0.15, 0.2) is 43.0 Å². The molecule has 2 rings (SSSR count). The van der Waals surface area contributed by atoms with Crippen LogP contribution in [0.2, 0.25) is 0 Å². The van der Waals surface area contributed by atoms with Crippen molar-refractivity contribution in [1.82, 2.24) is 14.8 Å². The minimum atomic E-state index is 0.521. The van der Waals surface area contributed by atoms with E-state index in [0.717, 1.165) is 13.0 Å². The van der Waals surface area contributed by atoms with Gasteiger partial charge in [0.1, 0.15) is 12.7 Å². The van der Waals surface area contributed by atoms with Crippen LogP contribution in [0.4, 0.5) is 0 Å². The van der Waals surface area contributed by atoms with Gasteiger partial charge in [-0.1, -0.05) is 37.3 Å². The van der Waals surface area contributed by atoms with Gasteiger partial charge in [0.05, 0.1) is 0 Å². The van der Waals surface area contributed by atoms with Gasteiger partial charge >= 0.3 is 0 Å². The van der Waals surface area contributed by atoms with Crippen LogP contribution >= 0.6 is 0 Å². The quantitative estimate of drug-likeness (QED) is 0.760. The summed E-state index contributed by atoms with van der Waals surface area (Å²) in [4.78, 5) is 3.96. The Morgan fingerprint density at radius 2 is 2.07 bits per heavy atom. The van der Waals surface area contributed by atoms with Gasteiger partial charge in [0.15, 0.2) is 0 Å². The molecule has 1 atom stereocenters. The molecule has 1 unspecified atom stereocenters. The number of hydrogen-bond donors (Lipinski definition) is 0. The zero-order valence-electron chi connectivity index (χ0n) is 8.87. The molecule has 2 aromatic rings.